The van der Waals surface area contributed by atoms with Gasteiger partial charge >= 0.3 is 6.18 Å². The summed E-state index contributed by atoms with van der Waals surface area (Å²) in [5.74, 6) is -0.157. The highest BCUT2D eigenvalue weighted by molar-refractivity contribution is 5.71. The van der Waals surface area contributed by atoms with Crippen molar-refractivity contribution < 1.29 is 27.4 Å². The number of aliphatic hydroxyl groups is 1. The molecule has 3 N–H and O–H groups in total. The molecule has 8 heteroatoms. The largest absolute Gasteiger partial charge is 0.490 e. The SMILES string of the molecule is CC(C)(C)[C@]1(C)COc2c1cc([C@](O)(CN)C(F)(F)F)nc2-c1ccc(F)cc1. The Morgan fingerprint density at radius 1 is 1.17 bits per heavy atom. The topological polar surface area (TPSA) is 68.4 Å². The van der Waals surface area contributed by atoms with Crippen molar-refractivity contribution in [3.8, 4) is 17.0 Å². The van der Waals surface area contributed by atoms with Crippen LogP contribution in [0.25, 0.3) is 11.3 Å². The van der Waals surface area contributed by atoms with E-state index in [2.05, 4.69) is 4.98 Å². The maximum atomic E-state index is 13.7. The van der Waals surface area contributed by atoms with Gasteiger partial charge in [-0.2, -0.15) is 13.2 Å². The fourth-order valence-electron chi connectivity index (χ4n) is 3.38. The Bertz CT molecular complexity index is 922. The molecule has 0 saturated heterocycles. The fraction of sp³-hybridized carbons (Fsp3) is 0.476. The van der Waals surface area contributed by atoms with E-state index in [1.807, 2.05) is 27.7 Å². The molecule has 0 amide bonds. The smallest absolute Gasteiger partial charge is 0.424 e. The zero-order chi connectivity index (χ0) is 21.8. The number of aromatic nitrogens is 1. The molecular weight excluding hydrogens is 388 g/mol. The molecule has 1 aliphatic heterocycles. The number of ether oxygens (including phenoxy) is 1. The summed E-state index contributed by atoms with van der Waals surface area (Å²) in [6.07, 6.45) is -5.03. The Balaban J connectivity index is 2.35. The molecule has 0 spiro atoms. The maximum absolute atomic E-state index is 13.7. The Kier molecular flexibility index (Phi) is 4.95. The van der Waals surface area contributed by atoms with Gasteiger partial charge in [0.1, 0.15) is 17.3 Å². The minimum absolute atomic E-state index is 0.113. The number of nitrogens with zero attached hydrogens (tertiary/aromatic N) is 1. The minimum Gasteiger partial charge on any atom is -0.490 e. The van der Waals surface area contributed by atoms with Crippen LogP contribution in [0.15, 0.2) is 30.3 Å². The lowest BCUT2D eigenvalue weighted by Gasteiger charge is -2.38. The van der Waals surface area contributed by atoms with E-state index in [9.17, 15) is 22.7 Å². The van der Waals surface area contributed by atoms with E-state index in [0.29, 0.717) is 16.9 Å². The van der Waals surface area contributed by atoms with E-state index in [1.165, 1.54) is 30.3 Å². The lowest BCUT2D eigenvalue weighted by molar-refractivity contribution is -0.263. The number of pyridine rings is 1. The summed E-state index contributed by atoms with van der Waals surface area (Å²) in [7, 11) is 0. The number of halogens is 4. The van der Waals surface area contributed by atoms with Gasteiger partial charge in [-0.15, -0.1) is 0 Å². The summed E-state index contributed by atoms with van der Waals surface area (Å²) in [4.78, 5) is 4.10. The molecule has 1 aromatic heterocycles. The van der Waals surface area contributed by atoms with Crippen molar-refractivity contribution in [1.29, 1.82) is 0 Å². The second-order valence-corrected chi connectivity index (χ2v) is 8.67. The van der Waals surface area contributed by atoms with Crippen molar-refractivity contribution in [3.63, 3.8) is 0 Å². The van der Waals surface area contributed by atoms with Crippen molar-refractivity contribution >= 4 is 0 Å². The monoisotopic (exact) mass is 412 g/mol. The third-order valence-corrected chi connectivity index (χ3v) is 6.03. The number of fused-ring (bicyclic) bond motifs is 1. The highest BCUT2D eigenvalue weighted by Crippen LogP contribution is 2.53. The van der Waals surface area contributed by atoms with Gasteiger partial charge in [0.25, 0.3) is 0 Å². The number of hydrogen-bond donors (Lipinski definition) is 2. The highest BCUT2D eigenvalue weighted by Gasteiger charge is 2.57. The first-order valence-electron chi connectivity index (χ1n) is 9.18. The molecule has 2 atom stereocenters. The van der Waals surface area contributed by atoms with Crippen LogP contribution in [0.3, 0.4) is 0 Å². The lowest BCUT2D eigenvalue weighted by Crippen LogP contribution is -2.49. The van der Waals surface area contributed by atoms with E-state index >= 15 is 0 Å². The summed E-state index contributed by atoms with van der Waals surface area (Å²) >= 11 is 0. The van der Waals surface area contributed by atoms with Crippen LogP contribution in [0.4, 0.5) is 17.6 Å². The Morgan fingerprint density at radius 2 is 1.76 bits per heavy atom. The molecule has 0 saturated carbocycles. The van der Waals surface area contributed by atoms with E-state index in [4.69, 9.17) is 10.5 Å². The quantitative estimate of drug-likeness (QED) is 0.738. The van der Waals surface area contributed by atoms with Gasteiger partial charge < -0.3 is 15.6 Å². The molecule has 158 valence electrons. The van der Waals surface area contributed by atoms with Crippen LogP contribution in [0.2, 0.25) is 0 Å². The van der Waals surface area contributed by atoms with Gasteiger partial charge in [0.05, 0.1) is 12.3 Å². The summed E-state index contributed by atoms with van der Waals surface area (Å²) < 4.78 is 60.4. The van der Waals surface area contributed by atoms with Gasteiger partial charge in [-0.3, -0.25) is 0 Å². The number of benzene rings is 1. The summed E-state index contributed by atoms with van der Waals surface area (Å²) in [5, 5.41) is 10.4. The predicted octanol–water partition coefficient (Wildman–Crippen LogP) is 4.29. The molecule has 1 aromatic carbocycles. The third kappa shape index (κ3) is 3.28. The normalized spacial score (nSPS) is 21.4. The van der Waals surface area contributed by atoms with Crippen molar-refractivity contribution in [3.05, 3.63) is 47.4 Å². The molecule has 29 heavy (non-hydrogen) atoms. The summed E-state index contributed by atoms with van der Waals surface area (Å²) in [6, 6.07) is 6.43. The van der Waals surface area contributed by atoms with Gasteiger partial charge in [-0.05, 0) is 35.7 Å². The van der Waals surface area contributed by atoms with Crippen molar-refractivity contribution in [2.24, 2.45) is 11.1 Å². The minimum atomic E-state index is -5.03. The second-order valence-electron chi connectivity index (χ2n) is 8.67. The lowest BCUT2D eigenvalue weighted by atomic mass is 9.65. The van der Waals surface area contributed by atoms with Gasteiger partial charge in [-0.25, -0.2) is 9.37 Å². The summed E-state index contributed by atoms with van der Waals surface area (Å²) in [6.45, 7) is 6.93. The van der Waals surface area contributed by atoms with Crippen LogP contribution in [0, 0.1) is 11.2 Å². The van der Waals surface area contributed by atoms with Crippen LogP contribution in [0.1, 0.15) is 39.0 Å². The predicted molar refractivity (Wildman–Crippen MR) is 101 cm³/mol. The molecule has 0 unspecified atom stereocenters. The van der Waals surface area contributed by atoms with Gasteiger partial charge in [0, 0.05) is 23.1 Å². The van der Waals surface area contributed by atoms with Crippen molar-refractivity contribution in [2.75, 3.05) is 13.2 Å². The van der Waals surface area contributed by atoms with Crippen LogP contribution in [0.5, 0.6) is 5.75 Å². The molecule has 0 radical (unpaired) electrons. The zero-order valence-electron chi connectivity index (χ0n) is 16.7. The Hall–Kier alpha value is -2.19. The van der Waals surface area contributed by atoms with Crippen molar-refractivity contribution in [2.45, 2.75) is 44.9 Å². The van der Waals surface area contributed by atoms with E-state index in [-0.39, 0.29) is 17.7 Å². The van der Waals surface area contributed by atoms with E-state index < -0.39 is 35.2 Å². The molecule has 2 aromatic rings. The molecule has 0 aliphatic carbocycles. The fourth-order valence-corrected chi connectivity index (χ4v) is 3.38. The average molecular weight is 412 g/mol. The van der Waals surface area contributed by atoms with Crippen LogP contribution < -0.4 is 10.5 Å². The first-order valence-corrected chi connectivity index (χ1v) is 9.18. The van der Waals surface area contributed by atoms with Gasteiger partial charge in [0.15, 0.2) is 0 Å². The molecule has 1 aliphatic rings. The summed E-state index contributed by atoms with van der Waals surface area (Å²) in [5.41, 5.74) is 1.40. The molecule has 0 fully saturated rings. The number of rotatable bonds is 3. The first kappa shape index (κ1) is 21.5. The van der Waals surface area contributed by atoms with Crippen LogP contribution in [-0.4, -0.2) is 29.4 Å². The molecule has 0 bridgehead atoms. The van der Waals surface area contributed by atoms with Gasteiger partial charge in [-0.1, -0.05) is 27.7 Å². The number of nitrogens with two attached hydrogens (primary N) is 1. The Morgan fingerprint density at radius 3 is 2.24 bits per heavy atom. The van der Waals surface area contributed by atoms with Crippen molar-refractivity contribution in [1.82, 2.24) is 4.98 Å². The zero-order valence-corrected chi connectivity index (χ0v) is 16.7. The average Bonchev–Trinajstić information content (AvgIpc) is 2.98. The van der Waals surface area contributed by atoms with E-state index in [1.54, 1.807) is 0 Å². The van der Waals surface area contributed by atoms with E-state index in [0.717, 1.165) is 0 Å². The standard InChI is InChI=1S/C21H24F4N2O2/c1-18(2,3)19(4)11-29-17-14(19)9-15(20(28,10-26)21(23,24)25)27-16(17)12-5-7-13(22)8-6-12/h5-9,28H,10-11,26H2,1-4H3/t19-,20-/m1/s1. The Labute approximate surface area is 166 Å². The van der Waals surface area contributed by atoms with Crippen LogP contribution in [-0.2, 0) is 11.0 Å². The molecule has 3 rings (SSSR count). The first-order chi connectivity index (χ1) is 13.2. The second kappa shape index (κ2) is 6.67. The van der Waals surface area contributed by atoms with Crippen LogP contribution >= 0.6 is 0 Å². The highest BCUT2D eigenvalue weighted by atomic mass is 19.4. The number of hydrogen-bond acceptors (Lipinski definition) is 4. The molecular formula is C21H24F4N2O2. The molecule has 4 nitrogen and oxygen atoms in total. The third-order valence-electron chi connectivity index (χ3n) is 6.03. The maximum Gasteiger partial charge on any atom is 0.424 e. The van der Waals surface area contributed by atoms with Gasteiger partial charge in [0.2, 0.25) is 5.60 Å². The number of alkyl halides is 3. The molecule has 2 heterocycles.